The van der Waals surface area contributed by atoms with Gasteiger partial charge in [-0.05, 0) is 24.7 Å². The number of urea groups is 1. The summed E-state index contributed by atoms with van der Waals surface area (Å²) in [5, 5.41) is 14.2. The summed E-state index contributed by atoms with van der Waals surface area (Å²) in [6.45, 7) is 4.63. The first-order valence-corrected chi connectivity index (χ1v) is 5.75. The second-order valence-electron chi connectivity index (χ2n) is 4.79. The topological polar surface area (TPSA) is 78.4 Å². The van der Waals surface area contributed by atoms with Crippen molar-refractivity contribution in [2.24, 2.45) is 11.8 Å². The number of hydrogen-bond donors (Lipinski definition) is 3. The summed E-state index contributed by atoms with van der Waals surface area (Å²) in [7, 11) is 0. The van der Waals surface area contributed by atoms with Crippen LogP contribution in [-0.4, -0.2) is 29.7 Å². The molecule has 1 aliphatic rings. The number of amides is 2. The minimum absolute atomic E-state index is 0.0137. The quantitative estimate of drug-likeness (QED) is 0.639. The fraction of sp³-hybridized carbons (Fsp3) is 0.818. The molecule has 0 aromatic heterocycles. The number of rotatable bonds is 6. The lowest BCUT2D eigenvalue weighted by molar-refractivity contribution is -0.137. The lowest BCUT2D eigenvalue weighted by atomic mass is 10.1. The Morgan fingerprint density at radius 3 is 2.44 bits per heavy atom. The van der Waals surface area contributed by atoms with Crippen LogP contribution in [0.25, 0.3) is 0 Å². The number of aliphatic carboxylic acids is 1. The van der Waals surface area contributed by atoms with E-state index in [1.807, 2.05) is 13.8 Å². The van der Waals surface area contributed by atoms with Crippen LogP contribution in [-0.2, 0) is 4.79 Å². The van der Waals surface area contributed by atoms with E-state index in [0.717, 1.165) is 12.8 Å². The van der Waals surface area contributed by atoms with Crippen LogP contribution in [0.15, 0.2) is 0 Å². The minimum Gasteiger partial charge on any atom is -0.481 e. The Labute approximate surface area is 95.6 Å². The van der Waals surface area contributed by atoms with Crippen LogP contribution in [0.2, 0.25) is 0 Å². The third-order valence-electron chi connectivity index (χ3n) is 2.57. The van der Waals surface area contributed by atoms with Gasteiger partial charge in [-0.25, -0.2) is 4.79 Å². The van der Waals surface area contributed by atoms with Gasteiger partial charge in [-0.2, -0.15) is 0 Å². The zero-order valence-electron chi connectivity index (χ0n) is 9.82. The van der Waals surface area contributed by atoms with Crippen LogP contribution in [0.1, 0.15) is 33.1 Å². The largest absolute Gasteiger partial charge is 0.481 e. The van der Waals surface area contributed by atoms with Gasteiger partial charge in [-0.15, -0.1) is 0 Å². The van der Waals surface area contributed by atoms with Crippen LogP contribution in [0.4, 0.5) is 4.79 Å². The highest BCUT2D eigenvalue weighted by molar-refractivity contribution is 5.75. The molecule has 0 spiro atoms. The molecule has 0 saturated heterocycles. The number of carboxylic acids is 1. The average molecular weight is 228 g/mol. The highest BCUT2D eigenvalue weighted by Gasteiger charge is 2.33. The molecule has 1 fully saturated rings. The van der Waals surface area contributed by atoms with Crippen molar-refractivity contribution < 1.29 is 14.7 Å². The van der Waals surface area contributed by atoms with Crippen molar-refractivity contribution >= 4 is 12.0 Å². The average Bonchev–Trinajstić information content (AvgIpc) is 2.96. The SMILES string of the molecule is CC(C)CNC(=O)NC(CC(=O)O)C1CC1. The summed E-state index contributed by atoms with van der Waals surface area (Å²) in [4.78, 5) is 22.1. The van der Waals surface area contributed by atoms with E-state index >= 15 is 0 Å². The first kappa shape index (κ1) is 12.8. The predicted molar refractivity (Wildman–Crippen MR) is 60.1 cm³/mol. The number of nitrogens with one attached hydrogen (secondary N) is 2. The van der Waals surface area contributed by atoms with Crippen molar-refractivity contribution in [1.82, 2.24) is 10.6 Å². The van der Waals surface area contributed by atoms with Crippen molar-refractivity contribution in [1.29, 1.82) is 0 Å². The van der Waals surface area contributed by atoms with Crippen molar-refractivity contribution in [3.63, 3.8) is 0 Å². The zero-order valence-corrected chi connectivity index (χ0v) is 9.82. The van der Waals surface area contributed by atoms with E-state index < -0.39 is 5.97 Å². The Balaban J connectivity index is 2.30. The third-order valence-corrected chi connectivity index (χ3v) is 2.57. The Morgan fingerprint density at radius 1 is 1.38 bits per heavy atom. The maximum atomic E-state index is 11.5. The Morgan fingerprint density at radius 2 is 2.00 bits per heavy atom. The lowest BCUT2D eigenvalue weighted by Gasteiger charge is -2.17. The Hall–Kier alpha value is -1.26. The number of carboxylic acid groups (broad SMARTS) is 1. The molecule has 1 aliphatic carbocycles. The van der Waals surface area contributed by atoms with Crippen LogP contribution in [0, 0.1) is 11.8 Å². The maximum Gasteiger partial charge on any atom is 0.315 e. The van der Waals surface area contributed by atoms with Gasteiger partial charge < -0.3 is 15.7 Å². The molecule has 1 rings (SSSR count). The molecule has 2 amide bonds. The van der Waals surface area contributed by atoms with E-state index in [1.54, 1.807) is 0 Å². The van der Waals surface area contributed by atoms with Crippen molar-refractivity contribution in [3.05, 3.63) is 0 Å². The summed E-state index contributed by atoms with van der Waals surface area (Å²) in [5.74, 6) is -0.119. The molecule has 1 saturated carbocycles. The molecule has 0 heterocycles. The van der Waals surface area contributed by atoms with Gasteiger partial charge >= 0.3 is 12.0 Å². The molecule has 0 aromatic carbocycles. The van der Waals surface area contributed by atoms with Gasteiger partial charge in [0.1, 0.15) is 0 Å². The monoisotopic (exact) mass is 228 g/mol. The molecule has 92 valence electrons. The van der Waals surface area contributed by atoms with Crippen molar-refractivity contribution in [2.75, 3.05) is 6.54 Å². The summed E-state index contributed by atoms with van der Waals surface area (Å²) in [6.07, 6.45) is 2.05. The number of carbonyl (C=O) groups excluding carboxylic acids is 1. The maximum absolute atomic E-state index is 11.5. The van der Waals surface area contributed by atoms with Gasteiger partial charge in [0.05, 0.1) is 6.42 Å². The van der Waals surface area contributed by atoms with E-state index in [2.05, 4.69) is 10.6 Å². The third kappa shape index (κ3) is 5.00. The van der Waals surface area contributed by atoms with Crippen LogP contribution < -0.4 is 10.6 Å². The first-order chi connectivity index (χ1) is 7.49. The molecular weight excluding hydrogens is 208 g/mol. The molecule has 1 atom stereocenters. The molecular formula is C11H20N2O3. The summed E-state index contributed by atoms with van der Waals surface area (Å²) >= 11 is 0. The van der Waals surface area contributed by atoms with E-state index in [9.17, 15) is 9.59 Å². The molecule has 0 radical (unpaired) electrons. The molecule has 1 unspecified atom stereocenters. The van der Waals surface area contributed by atoms with Gasteiger partial charge in [0.15, 0.2) is 0 Å². The molecule has 3 N–H and O–H groups in total. The lowest BCUT2D eigenvalue weighted by Crippen LogP contribution is -2.45. The van der Waals surface area contributed by atoms with E-state index in [0.29, 0.717) is 18.4 Å². The van der Waals surface area contributed by atoms with E-state index in [-0.39, 0.29) is 18.5 Å². The second kappa shape index (κ2) is 5.72. The minimum atomic E-state index is -0.860. The van der Waals surface area contributed by atoms with E-state index in [1.165, 1.54) is 0 Å². The van der Waals surface area contributed by atoms with Gasteiger partial charge in [-0.3, -0.25) is 4.79 Å². The number of carbonyl (C=O) groups is 2. The van der Waals surface area contributed by atoms with Crippen molar-refractivity contribution in [3.8, 4) is 0 Å². The predicted octanol–water partition coefficient (Wildman–Crippen LogP) is 1.19. The molecule has 16 heavy (non-hydrogen) atoms. The smallest absolute Gasteiger partial charge is 0.315 e. The fourth-order valence-corrected chi connectivity index (χ4v) is 1.54. The zero-order chi connectivity index (χ0) is 12.1. The molecule has 5 nitrogen and oxygen atoms in total. The standard InChI is InChI=1S/C11H20N2O3/c1-7(2)6-12-11(16)13-9(5-10(14)15)8-3-4-8/h7-9H,3-6H2,1-2H3,(H,14,15)(H2,12,13,16). The van der Waals surface area contributed by atoms with Gasteiger partial charge in [0.2, 0.25) is 0 Å². The normalized spacial score (nSPS) is 16.9. The molecule has 0 bridgehead atoms. The van der Waals surface area contributed by atoms with Crippen molar-refractivity contribution in [2.45, 2.75) is 39.2 Å². The molecule has 5 heteroatoms. The van der Waals surface area contributed by atoms with E-state index in [4.69, 9.17) is 5.11 Å². The summed E-state index contributed by atoms with van der Waals surface area (Å²) in [6, 6.07) is -0.475. The van der Waals surface area contributed by atoms with Gasteiger partial charge in [0.25, 0.3) is 0 Å². The first-order valence-electron chi connectivity index (χ1n) is 5.75. The fourth-order valence-electron chi connectivity index (χ4n) is 1.54. The highest BCUT2D eigenvalue weighted by atomic mass is 16.4. The second-order valence-corrected chi connectivity index (χ2v) is 4.79. The summed E-state index contributed by atoms with van der Waals surface area (Å²) < 4.78 is 0. The Bertz CT molecular complexity index is 262. The molecule has 0 aromatic rings. The van der Waals surface area contributed by atoms with Gasteiger partial charge in [0, 0.05) is 12.6 Å². The highest BCUT2D eigenvalue weighted by Crippen LogP contribution is 2.33. The van der Waals surface area contributed by atoms with Crippen LogP contribution in [0.3, 0.4) is 0 Å². The van der Waals surface area contributed by atoms with Crippen LogP contribution >= 0.6 is 0 Å². The molecule has 0 aliphatic heterocycles. The number of hydrogen-bond acceptors (Lipinski definition) is 2. The summed E-state index contributed by atoms with van der Waals surface area (Å²) in [5.41, 5.74) is 0. The van der Waals surface area contributed by atoms with Gasteiger partial charge in [-0.1, -0.05) is 13.8 Å². The van der Waals surface area contributed by atoms with Crippen LogP contribution in [0.5, 0.6) is 0 Å². The Kier molecular flexibility index (Phi) is 4.58.